The fourth-order valence-electron chi connectivity index (χ4n) is 1.01. The van der Waals surface area contributed by atoms with E-state index in [1.807, 2.05) is 13.8 Å². The third kappa shape index (κ3) is 5.11. The van der Waals surface area contributed by atoms with Gasteiger partial charge in [-0.05, 0) is 13.0 Å². The Kier molecular flexibility index (Phi) is 6.73. The average Bonchev–Trinajstić information content (AvgIpc) is 2.11. The summed E-state index contributed by atoms with van der Waals surface area (Å²) in [7, 11) is 0. The third-order valence-electron chi connectivity index (χ3n) is 1.93. The van der Waals surface area contributed by atoms with Crippen molar-refractivity contribution in [1.29, 1.82) is 5.26 Å². The van der Waals surface area contributed by atoms with Crippen LogP contribution >= 0.6 is 0 Å². The van der Waals surface area contributed by atoms with Gasteiger partial charge in [-0.1, -0.05) is 13.8 Å². The maximum absolute atomic E-state index is 9.33. The highest BCUT2D eigenvalue weighted by Gasteiger charge is 2.07. The zero-order chi connectivity index (χ0) is 9.40. The van der Waals surface area contributed by atoms with Gasteiger partial charge >= 0.3 is 0 Å². The van der Waals surface area contributed by atoms with Gasteiger partial charge in [0.05, 0.1) is 12.2 Å². The first-order valence-corrected chi connectivity index (χ1v) is 4.51. The largest absolute Gasteiger partial charge is 0.392 e. The molecule has 1 N–H and O–H groups in total. The SMILES string of the molecule is CCC(O)CN(CC)CCC#N. The van der Waals surface area contributed by atoms with Crippen molar-refractivity contribution in [2.24, 2.45) is 0 Å². The van der Waals surface area contributed by atoms with E-state index in [0.29, 0.717) is 13.0 Å². The minimum atomic E-state index is -0.247. The summed E-state index contributed by atoms with van der Waals surface area (Å²) in [4.78, 5) is 2.09. The van der Waals surface area contributed by atoms with Crippen LogP contribution in [0.5, 0.6) is 0 Å². The summed E-state index contributed by atoms with van der Waals surface area (Å²) >= 11 is 0. The minimum Gasteiger partial charge on any atom is -0.392 e. The minimum absolute atomic E-state index is 0.247. The molecule has 0 amide bonds. The zero-order valence-corrected chi connectivity index (χ0v) is 7.95. The summed E-state index contributed by atoms with van der Waals surface area (Å²) in [6.45, 7) is 6.36. The number of nitriles is 1. The number of hydrogen-bond acceptors (Lipinski definition) is 3. The monoisotopic (exact) mass is 170 g/mol. The Hall–Kier alpha value is -0.590. The Balaban J connectivity index is 3.60. The molecule has 0 saturated carbocycles. The quantitative estimate of drug-likeness (QED) is 0.646. The fraction of sp³-hybridized carbons (Fsp3) is 0.889. The molecule has 0 saturated heterocycles. The van der Waals surface area contributed by atoms with Crippen molar-refractivity contribution < 1.29 is 5.11 Å². The normalized spacial score (nSPS) is 12.9. The number of aliphatic hydroxyl groups is 1. The Morgan fingerprint density at radius 3 is 2.58 bits per heavy atom. The van der Waals surface area contributed by atoms with Gasteiger partial charge < -0.3 is 10.0 Å². The number of rotatable bonds is 6. The van der Waals surface area contributed by atoms with Crippen LogP contribution in [0.1, 0.15) is 26.7 Å². The molecule has 0 fully saturated rings. The molecule has 0 rings (SSSR count). The summed E-state index contributed by atoms with van der Waals surface area (Å²) in [5.74, 6) is 0. The summed E-state index contributed by atoms with van der Waals surface area (Å²) in [6.07, 6.45) is 1.08. The summed E-state index contributed by atoms with van der Waals surface area (Å²) in [6, 6.07) is 2.10. The van der Waals surface area contributed by atoms with E-state index in [0.717, 1.165) is 19.5 Å². The molecular formula is C9H18N2O. The molecule has 0 aromatic carbocycles. The van der Waals surface area contributed by atoms with Crippen molar-refractivity contribution in [1.82, 2.24) is 4.90 Å². The van der Waals surface area contributed by atoms with E-state index in [1.54, 1.807) is 0 Å². The van der Waals surface area contributed by atoms with E-state index < -0.39 is 0 Å². The van der Waals surface area contributed by atoms with Gasteiger partial charge in [0.2, 0.25) is 0 Å². The second kappa shape index (κ2) is 7.08. The van der Waals surface area contributed by atoms with Crippen LogP contribution in [0.25, 0.3) is 0 Å². The molecule has 0 aliphatic heterocycles. The molecule has 3 heteroatoms. The number of likely N-dealkylation sites (N-methyl/N-ethyl adjacent to an activating group) is 1. The van der Waals surface area contributed by atoms with Crippen molar-refractivity contribution in [3.05, 3.63) is 0 Å². The molecule has 1 atom stereocenters. The Morgan fingerprint density at radius 1 is 1.50 bits per heavy atom. The van der Waals surface area contributed by atoms with Crippen LogP contribution in [0.2, 0.25) is 0 Å². The molecule has 3 nitrogen and oxygen atoms in total. The predicted molar refractivity (Wildman–Crippen MR) is 48.6 cm³/mol. The lowest BCUT2D eigenvalue weighted by atomic mass is 10.2. The van der Waals surface area contributed by atoms with Crippen LogP contribution < -0.4 is 0 Å². The van der Waals surface area contributed by atoms with E-state index in [1.165, 1.54) is 0 Å². The molecule has 0 radical (unpaired) electrons. The fourth-order valence-corrected chi connectivity index (χ4v) is 1.01. The van der Waals surface area contributed by atoms with Crippen molar-refractivity contribution in [2.75, 3.05) is 19.6 Å². The molecule has 0 aromatic heterocycles. The number of hydrogen-bond donors (Lipinski definition) is 1. The molecule has 0 aromatic rings. The van der Waals surface area contributed by atoms with Gasteiger partial charge in [0.15, 0.2) is 0 Å². The van der Waals surface area contributed by atoms with Gasteiger partial charge in [0, 0.05) is 19.5 Å². The topological polar surface area (TPSA) is 47.3 Å². The van der Waals surface area contributed by atoms with Crippen molar-refractivity contribution in [3.63, 3.8) is 0 Å². The number of nitrogens with zero attached hydrogens (tertiary/aromatic N) is 2. The lowest BCUT2D eigenvalue weighted by Gasteiger charge is -2.21. The zero-order valence-electron chi connectivity index (χ0n) is 7.95. The second-order valence-corrected chi connectivity index (χ2v) is 2.86. The van der Waals surface area contributed by atoms with Crippen LogP contribution in [0.15, 0.2) is 0 Å². The van der Waals surface area contributed by atoms with Crippen molar-refractivity contribution in [3.8, 4) is 6.07 Å². The first-order valence-electron chi connectivity index (χ1n) is 4.51. The first-order chi connectivity index (χ1) is 5.74. The van der Waals surface area contributed by atoms with Gasteiger partial charge in [-0.2, -0.15) is 5.26 Å². The van der Waals surface area contributed by atoms with E-state index >= 15 is 0 Å². The Labute approximate surface area is 74.6 Å². The summed E-state index contributed by atoms with van der Waals surface area (Å²) in [5.41, 5.74) is 0. The van der Waals surface area contributed by atoms with Gasteiger partial charge in [0.1, 0.15) is 0 Å². The molecular weight excluding hydrogens is 152 g/mol. The summed E-state index contributed by atoms with van der Waals surface area (Å²) < 4.78 is 0. The molecule has 70 valence electrons. The van der Waals surface area contributed by atoms with Crippen molar-refractivity contribution >= 4 is 0 Å². The number of aliphatic hydroxyl groups excluding tert-OH is 1. The van der Waals surface area contributed by atoms with Gasteiger partial charge in [-0.3, -0.25) is 0 Å². The lowest BCUT2D eigenvalue weighted by molar-refractivity contribution is 0.113. The molecule has 0 aliphatic carbocycles. The van der Waals surface area contributed by atoms with Crippen LogP contribution in [-0.2, 0) is 0 Å². The highest BCUT2D eigenvalue weighted by Crippen LogP contribution is 1.97. The molecule has 0 bridgehead atoms. The van der Waals surface area contributed by atoms with Crippen LogP contribution in [0.3, 0.4) is 0 Å². The highest BCUT2D eigenvalue weighted by atomic mass is 16.3. The van der Waals surface area contributed by atoms with Gasteiger partial charge in [-0.25, -0.2) is 0 Å². The molecule has 0 heterocycles. The smallest absolute Gasteiger partial charge is 0.0664 e. The molecule has 1 unspecified atom stereocenters. The Bertz CT molecular complexity index is 142. The highest BCUT2D eigenvalue weighted by molar-refractivity contribution is 4.72. The maximum Gasteiger partial charge on any atom is 0.0664 e. The molecule has 0 spiro atoms. The van der Waals surface area contributed by atoms with E-state index in [9.17, 15) is 5.11 Å². The van der Waals surface area contributed by atoms with Crippen LogP contribution in [-0.4, -0.2) is 35.7 Å². The Morgan fingerprint density at radius 2 is 2.17 bits per heavy atom. The van der Waals surface area contributed by atoms with E-state index in [4.69, 9.17) is 5.26 Å². The third-order valence-corrected chi connectivity index (χ3v) is 1.93. The average molecular weight is 170 g/mol. The van der Waals surface area contributed by atoms with Crippen molar-refractivity contribution in [2.45, 2.75) is 32.8 Å². The molecule has 0 aliphatic rings. The second-order valence-electron chi connectivity index (χ2n) is 2.86. The molecule has 12 heavy (non-hydrogen) atoms. The van der Waals surface area contributed by atoms with Crippen LogP contribution in [0.4, 0.5) is 0 Å². The summed E-state index contributed by atoms with van der Waals surface area (Å²) in [5, 5.41) is 17.7. The predicted octanol–water partition coefficient (Wildman–Crippen LogP) is 0.993. The van der Waals surface area contributed by atoms with Gasteiger partial charge in [-0.15, -0.1) is 0 Å². The first kappa shape index (κ1) is 11.4. The van der Waals surface area contributed by atoms with Gasteiger partial charge in [0.25, 0.3) is 0 Å². The van der Waals surface area contributed by atoms with E-state index in [-0.39, 0.29) is 6.10 Å². The standard InChI is InChI=1S/C9H18N2O/c1-3-9(12)8-11(4-2)7-5-6-10/h9,12H,3-5,7-8H2,1-2H3. The van der Waals surface area contributed by atoms with Crippen LogP contribution in [0, 0.1) is 11.3 Å². The lowest BCUT2D eigenvalue weighted by Crippen LogP contribution is -2.32. The maximum atomic E-state index is 9.33. The van der Waals surface area contributed by atoms with E-state index in [2.05, 4.69) is 11.0 Å².